The zero-order valence-electron chi connectivity index (χ0n) is 12.9. The van der Waals surface area contributed by atoms with E-state index in [9.17, 15) is 24.6 Å². The molecule has 0 saturated carbocycles. The monoisotopic (exact) mass is 356 g/mol. The number of carbonyl (C=O) groups excluding carboxylic acids is 1. The number of anilines is 1. The maximum Gasteiger partial charge on any atom is 0.341 e. The number of fused-ring (bicyclic) bond motifs is 1. The van der Waals surface area contributed by atoms with Gasteiger partial charge in [-0.05, 0) is 0 Å². The van der Waals surface area contributed by atoms with Crippen molar-refractivity contribution in [3.63, 3.8) is 0 Å². The molecule has 1 aliphatic heterocycles. The second kappa shape index (κ2) is 5.96. The number of ether oxygens (including phenoxy) is 2. The van der Waals surface area contributed by atoms with Gasteiger partial charge in [-0.3, -0.25) is 9.78 Å². The Kier molecular flexibility index (Phi) is 4.08. The predicted octanol–water partition coefficient (Wildman–Crippen LogP) is -3.34. The first-order valence-corrected chi connectivity index (χ1v) is 7.11. The normalized spacial score (nSPS) is 26.4. The third-order valence-corrected chi connectivity index (χ3v) is 3.89. The number of aliphatic hydroxyl groups excluding tert-OH is 2. The molecule has 0 unspecified atom stereocenters. The van der Waals surface area contributed by atoms with Crippen LogP contribution in [0.1, 0.15) is 6.23 Å². The number of amides is 1. The van der Waals surface area contributed by atoms with Crippen LogP contribution < -0.4 is 22.7 Å². The Morgan fingerprint density at radius 3 is 2.68 bits per heavy atom. The Morgan fingerprint density at radius 1 is 1.40 bits per heavy atom. The van der Waals surface area contributed by atoms with E-state index in [1.165, 1.54) is 7.11 Å². The zero-order valence-corrected chi connectivity index (χ0v) is 12.9. The molecule has 0 bridgehead atoms. The second-order valence-electron chi connectivity index (χ2n) is 5.45. The Morgan fingerprint density at radius 2 is 2.08 bits per heavy atom. The number of hydrogen-bond donors (Lipinski definition) is 5. The second-order valence-corrected chi connectivity index (χ2v) is 5.45. The highest BCUT2D eigenvalue weighted by Gasteiger charge is 2.45. The summed E-state index contributed by atoms with van der Waals surface area (Å²) < 4.78 is 11.5. The summed E-state index contributed by atoms with van der Waals surface area (Å²) in [6.45, 7) is -0.0614. The van der Waals surface area contributed by atoms with Crippen molar-refractivity contribution in [3.8, 4) is 0 Å². The highest BCUT2D eigenvalue weighted by Crippen LogP contribution is 2.30. The number of H-pyrrole nitrogens is 1. The molecule has 0 aromatic carbocycles. The zero-order chi connectivity index (χ0) is 18.5. The molecule has 3 heterocycles. The molecule has 0 spiro atoms. The molecule has 0 radical (unpaired) electrons. The lowest BCUT2D eigenvalue weighted by molar-refractivity contribution is -0.0593. The van der Waals surface area contributed by atoms with E-state index < -0.39 is 47.3 Å². The topological polar surface area (TPSA) is 201 Å². The summed E-state index contributed by atoms with van der Waals surface area (Å²) in [5, 5.41) is 20.2. The number of nitrogen functional groups attached to an aromatic ring is 1. The van der Waals surface area contributed by atoms with Crippen molar-refractivity contribution in [1.82, 2.24) is 19.1 Å². The van der Waals surface area contributed by atoms with Gasteiger partial charge in [0.05, 0.1) is 6.61 Å². The van der Waals surface area contributed by atoms with Crippen molar-refractivity contribution >= 4 is 23.1 Å². The van der Waals surface area contributed by atoms with Crippen LogP contribution in [0.3, 0.4) is 0 Å². The number of nitrogens with one attached hydrogen (secondary N) is 1. The van der Waals surface area contributed by atoms with Gasteiger partial charge in [0.1, 0.15) is 18.3 Å². The molecule has 136 valence electrons. The SMILES string of the molecule is COC[C@H]1O[C@@H](n2c(=O)n(C(N)=O)c3c(=O)[nH]c(N)nc32)[C@H](O)[C@@H]1O. The highest BCUT2D eigenvalue weighted by atomic mass is 16.6. The molecule has 2 aromatic rings. The molecule has 13 nitrogen and oxygen atoms in total. The molecule has 1 aliphatic rings. The number of rotatable bonds is 3. The summed E-state index contributed by atoms with van der Waals surface area (Å²) in [6, 6.07) is -1.23. The van der Waals surface area contributed by atoms with E-state index in [0.29, 0.717) is 4.57 Å². The van der Waals surface area contributed by atoms with E-state index in [-0.39, 0.29) is 18.2 Å². The van der Waals surface area contributed by atoms with E-state index >= 15 is 0 Å². The van der Waals surface area contributed by atoms with Gasteiger partial charge < -0.3 is 31.2 Å². The first-order valence-electron chi connectivity index (χ1n) is 7.11. The fraction of sp³-hybridized carbons (Fsp3) is 0.500. The molecule has 7 N–H and O–H groups in total. The summed E-state index contributed by atoms with van der Waals surface area (Å²) in [5.74, 6) is -0.325. The smallest absolute Gasteiger partial charge is 0.341 e. The fourth-order valence-corrected chi connectivity index (χ4v) is 2.81. The van der Waals surface area contributed by atoms with Gasteiger partial charge in [0, 0.05) is 7.11 Å². The maximum atomic E-state index is 12.6. The Balaban J connectivity index is 2.27. The molecule has 25 heavy (non-hydrogen) atoms. The average Bonchev–Trinajstić information content (AvgIpc) is 2.96. The lowest BCUT2D eigenvalue weighted by Gasteiger charge is -2.15. The number of primary amides is 1. The van der Waals surface area contributed by atoms with E-state index in [1.807, 2.05) is 0 Å². The van der Waals surface area contributed by atoms with Crippen LogP contribution in [0.5, 0.6) is 0 Å². The molecular weight excluding hydrogens is 340 g/mol. The summed E-state index contributed by atoms with van der Waals surface area (Å²) in [6.07, 6.45) is -5.29. The van der Waals surface area contributed by atoms with Gasteiger partial charge in [-0.15, -0.1) is 0 Å². The van der Waals surface area contributed by atoms with Crippen LogP contribution in [0.2, 0.25) is 0 Å². The first kappa shape index (κ1) is 17.1. The third kappa shape index (κ3) is 2.49. The number of hydrogen-bond acceptors (Lipinski definition) is 9. The van der Waals surface area contributed by atoms with E-state index in [0.717, 1.165) is 4.57 Å². The largest absolute Gasteiger partial charge is 0.387 e. The van der Waals surface area contributed by atoms with Crippen LogP contribution in [0, 0.1) is 0 Å². The molecule has 4 atom stereocenters. The van der Waals surface area contributed by atoms with Crippen LogP contribution in [0.4, 0.5) is 10.7 Å². The quantitative estimate of drug-likeness (QED) is 0.372. The molecule has 1 amide bonds. The average molecular weight is 356 g/mol. The Labute approximate surface area is 138 Å². The van der Waals surface area contributed by atoms with Crippen molar-refractivity contribution in [2.45, 2.75) is 24.5 Å². The standard InChI is InChI=1S/C12H16N6O7/c1-24-2-3-5(19)6(20)9(25-3)18-7-4(8(21)16-10(13)15-7)17(11(14)22)12(18)23/h3,5-6,9,19-20H,2H2,1H3,(H2,14,22)(H3,13,15,16,21)/t3-,5-,6-,9-/m1/s1. The van der Waals surface area contributed by atoms with Gasteiger partial charge >= 0.3 is 11.7 Å². The number of imidazole rings is 1. The van der Waals surface area contributed by atoms with Crippen molar-refractivity contribution in [2.24, 2.45) is 5.73 Å². The van der Waals surface area contributed by atoms with Crippen molar-refractivity contribution in [2.75, 3.05) is 19.5 Å². The minimum absolute atomic E-state index is 0.0614. The van der Waals surface area contributed by atoms with Gasteiger partial charge in [0.15, 0.2) is 17.4 Å². The van der Waals surface area contributed by atoms with E-state index in [4.69, 9.17) is 20.9 Å². The van der Waals surface area contributed by atoms with Crippen LogP contribution in [0.15, 0.2) is 9.59 Å². The third-order valence-electron chi connectivity index (χ3n) is 3.89. The van der Waals surface area contributed by atoms with Crippen molar-refractivity contribution < 1.29 is 24.5 Å². The number of aromatic nitrogens is 4. The molecule has 13 heteroatoms. The van der Waals surface area contributed by atoms with Crippen molar-refractivity contribution in [1.29, 1.82) is 0 Å². The first-order chi connectivity index (χ1) is 11.8. The van der Waals surface area contributed by atoms with Crippen molar-refractivity contribution in [3.05, 3.63) is 20.8 Å². The molecule has 1 saturated heterocycles. The highest BCUT2D eigenvalue weighted by molar-refractivity contribution is 5.86. The maximum absolute atomic E-state index is 12.6. The van der Waals surface area contributed by atoms with Gasteiger partial charge in [0.25, 0.3) is 5.56 Å². The summed E-state index contributed by atoms with van der Waals surface area (Å²) >= 11 is 0. The van der Waals surface area contributed by atoms with E-state index in [2.05, 4.69) is 9.97 Å². The minimum atomic E-state index is -1.55. The van der Waals surface area contributed by atoms with Gasteiger partial charge in [0.2, 0.25) is 5.95 Å². The summed E-state index contributed by atoms with van der Waals surface area (Å²) in [7, 11) is 1.36. The number of methoxy groups -OCH3 is 1. The molecular formula is C12H16N6O7. The molecule has 1 fully saturated rings. The summed E-state index contributed by atoms with van der Waals surface area (Å²) in [5.41, 5.74) is 7.93. The lowest BCUT2D eigenvalue weighted by atomic mass is 10.1. The van der Waals surface area contributed by atoms with Crippen LogP contribution in [0.25, 0.3) is 11.2 Å². The van der Waals surface area contributed by atoms with Crippen LogP contribution in [-0.4, -0.2) is 67.4 Å². The van der Waals surface area contributed by atoms with Crippen LogP contribution in [-0.2, 0) is 9.47 Å². The van der Waals surface area contributed by atoms with Crippen LogP contribution >= 0.6 is 0 Å². The number of nitrogens with zero attached hydrogens (tertiary/aromatic N) is 3. The fourth-order valence-electron chi connectivity index (χ4n) is 2.81. The number of aliphatic hydroxyl groups is 2. The Hall–Kier alpha value is -2.74. The number of carbonyl (C=O) groups is 1. The minimum Gasteiger partial charge on any atom is -0.387 e. The number of aromatic amines is 1. The molecule has 3 rings (SSSR count). The molecule has 2 aromatic heterocycles. The predicted molar refractivity (Wildman–Crippen MR) is 81.8 cm³/mol. The van der Waals surface area contributed by atoms with E-state index in [1.54, 1.807) is 0 Å². The van der Waals surface area contributed by atoms with Gasteiger partial charge in [-0.2, -0.15) is 4.98 Å². The molecule has 0 aliphatic carbocycles. The van der Waals surface area contributed by atoms with Gasteiger partial charge in [-0.25, -0.2) is 18.7 Å². The lowest BCUT2D eigenvalue weighted by Crippen LogP contribution is -2.38. The summed E-state index contributed by atoms with van der Waals surface area (Å²) in [4.78, 5) is 42.2. The Bertz CT molecular complexity index is 946. The number of nitrogens with two attached hydrogens (primary N) is 2. The van der Waals surface area contributed by atoms with Gasteiger partial charge in [-0.1, -0.05) is 0 Å².